The first-order valence-electron chi connectivity index (χ1n) is 8.25. The van der Waals surface area contributed by atoms with Crippen molar-refractivity contribution in [3.63, 3.8) is 0 Å². The molecule has 22 heavy (non-hydrogen) atoms. The van der Waals surface area contributed by atoms with Crippen LogP contribution in [0.25, 0.3) is 0 Å². The third-order valence-electron chi connectivity index (χ3n) is 3.72. The maximum Gasteiger partial charge on any atom is 0.242 e. The van der Waals surface area contributed by atoms with Crippen molar-refractivity contribution in [3.8, 4) is 0 Å². The van der Waals surface area contributed by atoms with Gasteiger partial charge in [-0.25, -0.2) is 0 Å². The number of amides is 2. The van der Waals surface area contributed by atoms with E-state index in [0.717, 1.165) is 12.8 Å². The highest BCUT2D eigenvalue weighted by Crippen LogP contribution is 2.10. The molecule has 122 valence electrons. The normalized spacial score (nSPS) is 11.8. The fourth-order valence-corrected chi connectivity index (χ4v) is 2.47. The molecule has 1 aromatic rings. The third kappa shape index (κ3) is 5.51. The Morgan fingerprint density at radius 3 is 2.36 bits per heavy atom. The van der Waals surface area contributed by atoms with Crippen LogP contribution in [0, 0.1) is 0 Å². The Kier molecular flexibility index (Phi) is 8.26. The number of rotatable bonds is 9. The molecule has 1 atom stereocenters. The number of benzene rings is 1. The standard InChI is InChI=1S/C18H28N2O2/c1-4-13-19-18(22)16(5-2)20(17(21)6-3)14-12-15-10-8-7-9-11-15/h7-11,16H,4-6,12-14H2,1-3H3,(H,19,22). The van der Waals surface area contributed by atoms with Crippen molar-refractivity contribution in [1.29, 1.82) is 0 Å². The Labute approximate surface area is 133 Å². The van der Waals surface area contributed by atoms with Crippen LogP contribution in [0.4, 0.5) is 0 Å². The fraction of sp³-hybridized carbons (Fsp3) is 0.556. The number of carbonyl (C=O) groups is 2. The van der Waals surface area contributed by atoms with Gasteiger partial charge in [0, 0.05) is 19.5 Å². The predicted octanol–water partition coefficient (Wildman–Crippen LogP) is 2.77. The molecular weight excluding hydrogens is 276 g/mol. The van der Waals surface area contributed by atoms with Gasteiger partial charge in [0.15, 0.2) is 0 Å². The van der Waals surface area contributed by atoms with Crippen LogP contribution in [-0.4, -0.2) is 35.8 Å². The van der Waals surface area contributed by atoms with E-state index in [2.05, 4.69) is 5.32 Å². The van der Waals surface area contributed by atoms with Crippen LogP contribution in [0.2, 0.25) is 0 Å². The Balaban J connectivity index is 2.76. The molecule has 0 aromatic heterocycles. The lowest BCUT2D eigenvalue weighted by atomic mass is 10.1. The van der Waals surface area contributed by atoms with Crippen molar-refractivity contribution < 1.29 is 9.59 Å². The van der Waals surface area contributed by atoms with E-state index < -0.39 is 0 Å². The molecule has 1 rings (SSSR count). The minimum Gasteiger partial charge on any atom is -0.354 e. The van der Waals surface area contributed by atoms with Crippen molar-refractivity contribution >= 4 is 11.8 Å². The smallest absolute Gasteiger partial charge is 0.242 e. The van der Waals surface area contributed by atoms with E-state index in [-0.39, 0.29) is 17.9 Å². The average Bonchev–Trinajstić information content (AvgIpc) is 2.56. The van der Waals surface area contributed by atoms with Crippen LogP contribution in [-0.2, 0) is 16.0 Å². The molecule has 0 saturated carbocycles. The van der Waals surface area contributed by atoms with Gasteiger partial charge in [0.1, 0.15) is 6.04 Å². The van der Waals surface area contributed by atoms with Crippen LogP contribution in [0.1, 0.15) is 45.6 Å². The van der Waals surface area contributed by atoms with Crippen molar-refractivity contribution in [2.45, 2.75) is 52.5 Å². The molecule has 0 bridgehead atoms. The van der Waals surface area contributed by atoms with Crippen molar-refractivity contribution in [2.24, 2.45) is 0 Å². The van der Waals surface area contributed by atoms with E-state index >= 15 is 0 Å². The molecule has 2 amide bonds. The van der Waals surface area contributed by atoms with Crippen LogP contribution in [0.3, 0.4) is 0 Å². The summed E-state index contributed by atoms with van der Waals surface area (Å²) >= 11 is 0. The molecule has 0 spiro atoms. The summed E-state index contributed by atoms with van der Waals surface area (Å²) in [6, 6.07) is 9.69. The Morgan fingerprint density at radius 2 is 1.82 bits per heavy atom. The summed E-state index contributed by atoms with van der Waals surface area (Å²) in [5.41, 5.74) is 1.18. The van der Waals surface area contributed by atoms with Crippen molar-refractivity contribution in [2.75, 3.05) is 13.1 Å². The second-order valence-electron chi connectivity index (χ2n) is 5.39. The first-order valence-corrected chi connectivity index (χ1v) is 8.25. The summed E-state index contributed by atoms with van der Waals surface area (Å²) in [5, 5.41) is 2.91. The van der Waals surface area contributed by atoms with Crippen LogP contribution in [0.15, 0.2) is 30.3 Å². The molecule has 4 nitrogen and oxygen atoms in total. The van der Waals surface area contributed by atoms with Gasteiger partial charge in [-0.2, -0.15) is 0 Å². The Morgan fingerprint density at radius 1 is 1.14 bits per heavy atom. The van der Waals surface area contributed by atoms with Crippen molar-refractivity contribution in [3.05, 3.63) is 35.9 Å². The van der Waals surface area contributed by atoms with Gasteiger partial charge in [0.2, 0.25) is 11.8 Å². The number of nitrogens with one attached hydrogen (secondary N) is 1. The maximum atomic E-state index is 12.3. The number of hydrogen-bond acceptors (Lipinski definition) is 2. The largest absolute Gasteiger partial charge is 0.354 e. The second kappa shape index (κ2) is 9.98. The zero-order valence-corrected chi connectivity index (χ0v) is 14.0. The summed E-state index contributed by atoms with van der Waals surface area (Å²) in [6.07, 6.45) is 2.72. The molecule has 0 saturated heterocycles. The van der Waals surface area contributed by atoms with E-state index in [4.69, 9.17) is 0 Å². The topological polar surface area (TPSA) is 49.4 Å². The van der Waals surface area contributed by atoms with Gasteiger partial charge in [0.05, 0.1) is 0 Å². The van der Waals surface area contributed by atoms with Gasteiger partial charge in [-0.3, -0.25) is 9.59 Å². The molecular formula is C18H28N2O2. The maximum absolute atomic E-state index is 12.3. The first kappa shape index (κ1) is 18.2. The number of carbonyl (C=O) groups excluding carboxylic acids is 2. The first-order chi connectivity index (χ1) is 10.6. The Hall–Kier alpha value is -1.84. The highest BCUT2D eigenvalue weighted by atomic mass is 16.2. The van der Waals surface area contributed by atoms with Gasteiger partial charge < -0.3 is 10.2 Å². The highest BCUT2D eigenvalue weighted by Gasteiger charge is 2.26. The fourth-order valence-electron chi connectivity index (χ4n) is 2.47. The lowest BCUT2D eigenvalue weighted by molar-refractivity contribution is -0.140. The van der Waals surface area contributed by atoms with Gasteiger partial charge in [0.25, 0.3) is 0 Å². The zero-order valence-electron chi connectivity index (χ0n) is 14.0. The van der Waals surface area contributed by atoms with E-state index in [1.54, 1.807) is 4.90 Å². The molecule has 1 unspecified atom stereocenters. The van der Waals surface area contributed by atoms with Gasteiger partial charge in [-0.1, -0.05) is 51.1 Å². The molecule has 0 heterocycles. The summed E-state index contributed by atoms with van der Waals surface area (Å²) in [5.74, 6) is -0.00589. The van der Waals surface area contributed by atoms with E-state index in [0.29, 0.717) is 25.9 Å². The van der Waals surface area contributed by atoms with Gasteiger partial charge in [-0.05, 0) is 24.8 Å². The van der Waals surface area contributed by atoms with Crippen molar-refractivity contribution in [1.82, 2.24) is 10.2 Å². The minimum absolute atomic E-state index is 0.0365. The van der Waals surface area contributed by atoms with E-state index in [9.17, 15) is 9.59 Å². The number of nitrogens with zero attached hydrogens (tertiary/aromatic N) is 1. The molecule has 1 N–H and O–H groups in total. The summed E-state index contributed by atoms with van der Waals surface area (Å²) < 4.78 is 0. The molecule has 4 heteroatoms. The van der Waals surface area contributed by atoms with E-state index in [1.165, 1.54) is 5.56 Å². The molecule has 0 aliphatic heterocycles. The lowest BCUT2D eigenvalue weighted by Crippen LogP contribution is -2.50. The zero-order chi connectivity index (χ0) is 16.4. The van der Waals surface area contributed by atoms with Crippen LogP contribution < -0.4 is 5.32 Å². The van der Waals surface area contributed by atoms with Crippen LogP contribution in [0.5, 0.6) is 0 Å². The summed E-state index contributed by atoms with van der Waals surface area (Å²) in [4.78, 5) is 26.3. The highest BCUT2D eigenvalue weighted by molar-refractivity contribution is 5.87. The molecule has 0 fully saturated rings. The molecule has 1 aromatic carbocycles. The predicted molar refractivity (Wildman–Crippen MR) is 89.5 cm³/mol. The Bertz CT molecular complexity index is 459. The van der Waals surface area contributed by atoms with Crippen LogP contribution >= 0.6 is 0 Å². The quantitative estimate of drug-likeness (QED) is 0.762. The third-order valence-corrected chi connectivity index (χ3v) is 3.72. The number of hydrogen-bond donors (Lipinski definition) is 1. The molecule has 0 radical (unpaired) electrons. The van der Waals surface area contributed by atoms with Gasteiger partial charge >= 0.3 is 0 Å². The molecule has 0 aliphatic rings. The minimum atomic E-state index is -0.372. The average molecular weight is 304 g/mol. The van der Waals surface area contributed by atoms with E-state index in [1.807, 2.05) is 51.1 Å². The van der Waals surface area contributed by atoms with Gasteiger partial charge in [-0.15, -0.1) is 0 Å². The molecule has 0 aliphatic carbocycles. The lowest BCUT2D eigenvalue weighted by Gasteiger charge is -2.30. The SMILES string of the molecule is CCCNC(=O)C(CC)N(CCc1ccccc1)C(=O)CC. The second-order valence-corrected chi connectivity index (χ2v) is 5.39. The monoisotopic (exact) mass is 304 g/mol. The summed E-state index contributed by atoms with van der Waals surface area (Å²) in [6.45, 7) is 7.05. The summed E-state index contributed by atoms with van der Waals surface area (Å²) in [7, 11) is 0.